The van der Waals surface area contributed by atoms with Gasteiger partial charge in [0.15, 0.2) is 11.6 Å². The van der Waals surface area contributed by atoms with E-state index in [9.17, 15) is 27.1 Å². The van der Waals surface area contributed by atoms with Crippen LogP contribution in [-0.4, -0.2) is 53.0 Å². The lowest BCUT2D eigenvalue weighted by Gasteiger charge is -2.23. The van der Waals surface area contributed by atoms with Gasteiger partial charge in [0.05, 0.1) is 37.8 Å². The third kappa shape index (κ3) is 5.27. The van der Waals surface area contributed by atoms with Crippen molar-refractivity contribution < 1.29 is 36.3 Å². The number of hydrogen-bond donors (Lipinski definition) is 3. The minimum absolute atomic E-state index is 0.145. The van der Waals surface area contributed by atoms with Gasteiger partial charge in [-0.15, -0.1) is 0 Å². The summed E-state index contributed by atoms with van der Waals surface area (Å²) in [5.41, 5.74) is 2.04. The molecule has 3 N–H and O–H groups in total. The zero-order chi connectivity index (χ0) is 27.6. The lowest BCUT2D eigenvalue weighted by molar-refractivity contribution is 0.0964. The van der Waals surface area contributed by atoms with Crippen LogP contribution in [0.3, 0.4) is 0 Å². The molecule has 0 spiro atoms. The first kappa shape index (κ1) is 26.9. The molecular formula is C26H25F2N3O6S. The van der Waals surface area contributed by atoms with Crippen LogP contribution in [0.1, 0.15) is 10.4 Å². The number of nitrogens with zero attached hydrogens (tertiary/aromatic N) is 1. The fourth-order valence-corrected chi connectivity index (χ4v) is 4.94. The third-order valence-corrected chi connectivity index (χ3v) is 6.95. The summed E-state index contributed by atoms with van der Waals surface area (Å²) in [4.78, 5) is 12.9. The number of anilines is 3. The molecule has 0 unspecified atom stereocenters. The van der Waals surface area contributed by atoms with Crippen LogP contribution >= 0.6 is 0 Å². The summed E-state index contributed by atoms with van der Waals surface area (Å²) in [6.07, 6.45) is 1.01. The van der Waals surface area contributed by atoms with Crippen molar-refractivity contribution in [3.63, 3.8) is 0 Å². The van der Waals surface area contributed by atoms with Gasteiger partial charge in [0, 0.05) is 41.5 Å². The van der Waals surface area contributed by atoms with E-state index in [0.717, 1.165) is 22.7 Å². The Morgan fingerprint density at radius 1 is 1.05 bits per heavy atom. The molecule has 38 heavy (non-hydrogen) atoms. The van der Waals surface area contributed by atoms with Crippen molar-refractivity contribution in [3.05, 3.63) is 71.8 Å². The number of amides is 1. The van der Waals surface area contributed by atoms with Crippen LogP contribution in [0, 0.1) is 11.6 Å². The largest absolute Gasteiger partial charge is 0.495 e. The molecule has 0 aliphatic rings. The fraction of sp³-hybridized carbons (Fsp3) is 0.192. The van der Waals surface area contributed by atoms with Gasteiger partial charge in [0.2, 0.25) is 10.0 Å². The molecule has 0 aliphatic carbocycles. The highest BCUT2D eigenvalue weighted by Gasteiger charge is 2.27. The number of rotatable bonds is 9. The van der Waals surface area contributed by atoms with Gasteiger partial charge in [-0.1, -0.05) is 0 Å². The molecule has 4 aromatic rings. The minimum Gasteiger partial charge on any atom is -0.495 e. The minimum atomic E-state index is -3.77. The maximum absolute atomic E-state index is 13.5. The molecule has 9 nitrogen and oxygen atoms in total. The van der Waals surface area contributed by atoms with Crippen LogP contribution < -0.4 is 19.7 Å². The molecule has 4 rings (SSSR count). The Balaban J connectivity index is 1.81. The van der Waals surface area contributed by atoms with Gasteiger partial charge in [0.25, 0.3) is 5.91 Å². The Kier molecular flexibility index (Phi) is 7.56. The van der Waals surface area contributed by atoms with E-state index in [0.29, 0.717) is 22.3 Å². The maximum Gasteiger partial charge on any atom is 0.255 e. The van der Waals surface area contributed by atoms with Crippen LogP contribution in [0.2, 0.25) is 0 Å². The number of benzene rings is 3. The molecule has 0 saturated carbocycles. The van der Waals surface area contributed by atoms with Crippen molar-refractivity contribution in [2.75, 3.05) is 43.2 Å². The van der Waals surface area contributed by atoms with E-state index in [1.54, 1.807) is 24.3 Å². The molecule has 0 aliphatic heterocycles. The second-order valence-electron chi connectivity index (χ2n) is 8.30. The number of sulfonamides is 1. The number of methoxy groups -OCH3 is 1. The summed E-state index contributed by atoms with van der Waals surface area (Å²) in [5, 5.41) is 15.4. The number of nitrogens with one attached hydrogen (secondary N) is 2. The van der Waals surface area contributed by atoms with Crippen molar-refractivity contribution in [1.82, 2.24) is 5.32 Å². The van der Waals surface area contributed by atoms with Crippen LogP contribution in [0.5, 0.6) is 5.75 Å². The number of fused-ring (bicyclic) bond motifs is 1. The molecule has 0 radical (unpaired) electrons. The zero-order valence-electron chi connectivity index (χ0n) is 20.7. The van der Waals surface area contributed by atoms with Gasteiger partial charge in [0.1, 0.15) is 17.1 Å². The quantitative estimate of drug-likeness (QED) is 0.288. The summed E-state index contributed by atoms with van der Waals surface area (Å²) in [7, 11) is -0.938. The summed E-state index contributed by atoms with van der Waals surface area (Å²) in [6.45, 7) is -0.630. The standard InChI is InChI=1S/C26H25F2N3O6S/c1-29-26(33)24-18-13-23(36-2)21(31(10-11-32)38(3,34)35)14-22(18)37-25(24)15-4-6-16(7-5-15)30-17-8-9-19(27)20(28)12-17/h4-9,12-14,30,32H,10-11H2,1-3H3,(H,29,33). The Bertz CT molecular complexity index is 1600. The second kappa shape index (κ2) is 10.7. The van der Waals surface area contributed by atoms with Gasteiger partial charge in [-0.3, -0.25) is 9.10 Å². The summed E-state index contributed by atoms with van der Waals surface area (Å²) >= 11 is 0. The molecule has 12 heteroatoms. The van der Waals surface area contributed by atoms with E-state index >= 15 is 0 Å². The van der Waals surface area contributed by atoms with E-state index in [1.165, 1.54) is 32.4 Å². The molecule has 3 aromatic carbocycles. The number of ether oxygens (including phenoxy) is 1. The number of furan rings is 1. The van der Waals surface area contributed by atoms with E-state index in [-0.39, 0.29) is 34.9 Å². The third-order valence-electron chi connectivity index (χ3n) is 5.77. The number of hydrogen-bond acceptors (Lipinski definition) is 7. The molecule has 200 valence electrons. The summed E-state index contributed by atoms with van der Waals surface area (Å²) in [5.74, 6) is -1.97. The van der Waals surface area contributed by atoms with Crippen molar-refractivity contribution in [2.45, 2.75) is 0 Å². The first-order valence-electron chi connectivity index (χ1n) is 11.3. The van der Waals surface area contributed by atoms with Crippen molar-refractivity contribution >= 4 is 44.0 Å². The molecule has 0 bridgehead atoms. The maximum atomic E-state index is 13.5. The van der Waals surface area contributed by atoms with E-state index in [1.807, 2.05) is 0 Å². The highest BCUT2D eigenvalue weighted by Crippen LogP contribution is 2.41. The first-order valence-corrected chi connectivity index (χ1v) is 13.2. The van der Waals surface area contributed by atoms with E-state index in [4.69, 9.17) is 9.15 Å². The lowest BCUT2D eigenvalue weighted by Crippen LogP contribution is -2.32. The Labute approximate surface area is 217 Å². The predicted octanol–water partition coefficient (Wildman–Crippen LogP) is 4.25. The molecule has 1 heterocycles. The normalized spacial score (nSPS) is 11.4. The number of carbonyl (C=O) groups is 1. The van der Waals surface area contributed by atoms with Crippen LogP contribution in [0.4, 0.5) is 25.8 Å². The molecule has 1 amide bonds. The fourth-order valence-electron chi connectivity index (χ4n) is 4.03. The lowest BCUT2D eigenvalue weighted by atomic mass is 10.0. The molecule has 0 atom stereocenters. The summed E-state index contributed by atoms with van der Waals surface area (Å²) < 4.78 is 64.0. The van der Waals surface area contributed by atoms with Crippen LogP contribution in [-0.2, 0) is 10.0 Å². The van der Waals surface area contributed by atoms with Gasteiger partial charge >= 0.3 is 0 Å². The number of carbonyl (C=O) groups excluding carboxylic acids is 1. The van der Waals surface area contributed by atoms with Crippen molar-refractivity contribution in [2.24, 2.45) is 0 Å². The Morgan fingerprint density at radius 2 is 1.74 bits per heavy atom. The van der Waals surface area contributed by atoms with Gasteiger partial charge in [-0.25, -0.2) is 17.2 Å². The van der Waals surface area contributed by atoms with Crippen molar-refractivity contribution in [1.29, 1.82) is 0 Å². The highest BCUT2D eigenvalue weighted by atomic mass is 32.2. The molecule has 1 aromatic heterocycles. The van der Waals surface area contributed by atoms with Gasteiger partial charge in [-0.2, -0.15) is 0 Å². The summed E-state index contributed by atoms with van der Waals surface area (Å²) in [6, 6.07) is 13.1. The van der Waals surface area contributed by atoms with Gasteiger partial charge in [-0.05, 0) is 42.5 Å². The average Bonchev–Trinajstić information content (AvgIpc) is 3.26. The average molecular weight is 546 g/mol. The van der Waals surface area contributed by atoms with Crippen LogP contribution in [0.15, 0.2) is 59.0 Å². The van der Waals surface area contributed by atoms with Crippen LogP contribution in [0.25, 0.3) is 22.3 Å². The predicted molar refractivity (Wildman–Crippen MR) is 141 cm³/mol. The molecular weight excluding hydrogens is 520 g/mol. The molecule has 0 fully saturated rings. The zero-order valence-corrected chi connectivity index (χ0v) is 21.5. The van der Waals surface area contributed by atoms with E-state index < -0.39 is 34.2 Å². The van der Waals surface area contributed by atoms with E-state index in [2.05, 4.69) is 10.6 Å². The monoisotopic (exact) mass is 545 g/mol. The topological polar surface area (TPSA) is 121 Å². The second-order valence-corrected chi connectivity index (χ2v) is 10.2. The smallest absolute Gasteiger partial charge is 0.255 e. The number of halogens is 2. The highest BCUT2D eigenvalue weighted by molar-refractivity contribution is 7.92. The Morgan fingerprint density at radius 3 is 2.32 bits per heavy atom. The SMILES string of the molecule is CNC(=O)c1c(-c2ccc(Nc3ccc(F)c(F)c3)cc2)oc2cc(N(CCO)S(C)(=O)=O)c(OC)cc12. The first-order chi connectivity index (χ1) is 18.1. The molecule has 0 saturated heterocycles. The number of aliphatic hydroxyl groups is 1. The van der Waals surface area contributed by atoms with Gasteiger partial charge < -0.3 is 24.9 Å². The Hall–Kier alpha value is -4.16. The number of aliphatic hydroxyl groups excluding tert-OH is 1. The van der Waals surface area contributed by atoms with Crippen molar-refractivity contribution in [3.8, 4) is 17.1 Å².